The number of aryl methyl sites for hydroxylation is 1. The van der Waals surface area contributed by atoms with Crippen molar-refractivity contribution in [2.75, 3.05) is 7.11 Å². The average molecular weight is 328 g/mol. The monoisotopic (exact) mass is 326 g/mol. The molecule has 5 heteroatoms. The molecule has 1 aromatic heterocycles. The van der Waals surface area contributed by atoms with Gasteiger partial charge in [-0.1, -0.05) is 0 Å². The summed E-state index contributed by atoms with van der Waals surface area (Å²) < 4.78 is 6.07. The van der Waals surface area contributed by atoms with E-state index in [4.69, 9.17) is 16.3 Å². The van der Waals surface area contributed by atoms with Gasteiger partial charge in [0.2, 0.25) is 0 Å². The van der Waals surface area contributed by atoms with Crippen LogP contribution in [0, 0.1) is 6.92 Å². The maximum Gasteiger partial charge on any atom is 0.159 e. The highest BCUT2D eigenvalue weighted by Crippen LogP contribution is 2.29. The van der Waals surface area contributed by atoms with Gasteiger partial charge in [-0.3, -0.25) is 0 Å². The highest BCUT2D eigenvalue weighted by Gasteiger charge is 2.08. The number of hydrogen-bond acceptors (Lipinski definition) is 3. The van der Waals surface area contributed by atoms with Crippen molar-refractivity contribution in [2.45, 2.75) is 12.8 Å². The van der Waals surface area contributed by atoms with Crippen molar-refractivity contribution in [2.24, 2.45) is 0 Å². The molecule has 0 radical (unpaired) electrons. The van der Waals surface area contributed by atoms with Gasteiger partial charge in [0.15, 0.2) is 5.82 Å². The van der Waals surface area contributed by atoms with Gasteiger partial charge in [0, 0.05) is 11.8 Å². The summed E-state index contributed by atoms with van der Waals surface area (Å²) in [7, 11) is 1.63. The molecule has 0 atom stereocenters. The summed E-state index contributed by atoms with van der Waals surface area (Å²) in [5, 5.41) is 0. The molecule has 94 valence electrons. The van der Waals surface area contributed by atoms with Gasteiger partial charge in [0.25, 0.3) is 0 Å². The molecule has 1 heterocycles. The largest absolute Gasteiger partial charge is 0.496 e. The maximum atomic E-state index is 5.85. The van der Waals surface area contributed by atoms with Crippen LogP contribution in [0.3, 0.4) is 0 Å². The van der Waals surface area contributed by atoms with Crippen molar-refractivity contribution in [3.05, 3.63) is 40.1 Å². The summed E-state index contributed by atoms with van der Waals surface area (Å²) in [6, 6.07) is 5.73. The molecule has 0 bridgehead atoms. The first-order valence-electron chi connectivity index (χ1n) is 5.38. The molecule has 0 amide bonds. The molecule has 0 aliphatic carbocycles. The number of ether oxygens (including phenoxy) is 1. The van der Waals surface area contributed by atoms with Crippen molar-refractivity contribution in [1.29, 1.82) is 0 Å². The van der Waals surface area contributed by atoms with Crippen LogP contribution in [0.15, 0.2) is 28.9 Å². The van der Waals surface area contributed by atoms with Crippen LogP contribution in [-0.2, 0) is 5.88 Å². The van der Waals surface area contributed by atoms with Crippen LogP contribution in [0.4, 0.5) is 0 Å². The van der Waals surface area contributed by atoms with E-state index in [0.29, 0.717) is 11.7 Å². The van der Waals surface area contributed by atoms with E-state index in [2.05, 4.69) is 25.9 Å². The van der Waals surface area contributed by atoms with Crippen molar-refractivity contribution in [3.63, 3.8) is 0 Å². The highest BCUT2D eigenvalue weighted by molar-refractivity contribution is 9.10. The van der Waals surface area contributed by atoms with Crippen LogP contribution in [-0.4, -0.2) is 17.1 Å². The summed E-state index contributed by atoms with van der Waals surface area (Å²) in [6.07, 6.45) is 1.79. The third-order valence-electron chi connectivity index (χ3n) is 2.61. The first kappa shape index (κ1) is 13.3. The minimum absolute atomic E-state index is 0.388. The first-order chi connectivity index (χ1) is 8.65. The summed E-state index contributed by atoms with van der Waals surface area (Å²) in [6.45, 7) is 1.95. The van der Waals surface area contributed by atoms with Crippen LogP contribution in [0.25, 0.3) is 11.4 Å². The minimum atomic E-state index is 0.388. The summed E-state index contributed by atoms with van der Waals surface area (Å²) in [4.78, 5) is 8.78. The van der Waals surface area contributed by atoms with Gasteiger partial charge in [-0.15, -0.1) is 11.6 Å². The molecule has 0 fully saturated rings. The SMILES string of the molecule is COc1ccc(-c2ncc(C)c(CCl)n2)cc1Br. The van der Waals surface area contributed by atoms with Crippen molar-refractivity contribution in [3.8, 4) is 17.1 Å². The van der Waals surface area contributed by atoms with E-state index in [1.807, 2.05) is 25.1 Å². The van der Waals surface area contributed by atoms with E-state index in [9.17, 15) is 0 Å². The number of methoxy groups -OCH3 is 1. The van der Waals surface area contributed by atoms with Crippen molar-refractivity contribution >= 4 is 27.5 Å². The zero-order chi connectivity index (χ0) is 13.1. The molecule has 0 saturated carbocycles. The fourth-order valence-electron chi connectivity index (χ4n) is 1.56. The van der Waals surface area contributed by atoms with Crippen LogP contribution in [0.2, 0.25) is 0 Å². The van der Waals surface area contributed by atoms with E-state index in [1.165, 1.54) is 0 Å². The number of alkyl halides is 1. The number of nitrogens with zero attached hydrogens (tertiary/aromatic N) is 2. The second kappa shape index (κ2) is 5.67. The Balaban J connectivity index is 2.45. The molecular formula is C13H12BrClN2O. The molecule has 0 saturated heterocycles. The second-order valence-corrected chi connectivity index (χ2v) is 4.93. The van der Waals surface area contributed by atoms with Gasteiger partial charge in [0.05, 0.1) is 23.2 Å². The molecule has 2 rings (SSSR count). The Labute approximate surface area is 119 Å². The Kier molecular flexibility index (Phi) is 4.19. The summed E-state index contributed by atoms with van der Waals surface area (Å²) >= 11 is 9.30. The lowest BCUT2D eigenvalue weighted by Crippen LogP contribution is -1.97. The fraction of sp³-hybridized carbons (Fsp3) is 0.231. The smallest absolute Gasteiger partial charge is 0.159 e. The minimum Gasteiger partial charge on any atom is -0.496 e. The Morgan fingerprint density at radius 3 is 2.78 bits per heavy atom. The van der Waals surface area contributed by atoms with E-state index in [-0.39, 0.29) is 0 Å². The van der Waals surface area contributed by atoms with Crippen LogP contribution in [0.1, 0.15) is 11.3 Å². The van der Waals surface area contributed by atoms with E-state index < -0.39 is 0 Å². The van der Waals surface area contributed by atoms with Gasteiger partial charge in [-0.2, -0.15) is 0 Å². The third-order valence-corrected chi connectivity index (χ3v) is 3.49. The summed E-state index contributed by atoms with van der Waals surface area (Å²) in [5.41, 5.74) is 2.78. The van der Waals surface area contributed by atoms with E-state index in [1.54, 1.807) is 13.3 Å². The molecule has 0 aliphatic heterocycles. The van der Waals surface area contributed by atoms with Gasteiger partial charge in [0.1, 0.15) is 5.75 Å². The lowest BCUT2D eigenvalue weighted by molar-refractivity contribution is 0.412. The third kappa shape index (κ3) is 2.65. The zero-order valence-corrected chi connectivity index (χ0v) is 12.4. The van der Waals surface area contributed by atoms with Crippen LogP contribution < -0.4 is 4.74 Å². The maximum absolute atomic E-state index is 5.85. The number of hydrogen-bond donors (Lipinski definition) is 0. The van der Waals surface area contributed by atoms with Gasteiger partial charge in [-0.25, -0.2) is 9.97 Å². The van der Waals surface area contributed by atoms with E-state index in [0.717, 1.165) is 27.0 Å². The zero-order valence-electron chi connectivity index (χ0n) is 10.1. The molecule has 3 nitrogen and oxygen atoms in total. The molecule has 18 heavy (non-hydrogen) atoms. The number of rotatable bonds is 3. The molecular weight excluding hydrogens is 316 g/mol. The Morgan fingerprint density at radius 1 is 1.39 bits per heavy atom. The lowest BCUT2D eigenvalue weighted by atomic mass is 10.2. The van der Waals surface area contributed by atoms with Crippen molar-refractivity contribution in [1.82, 2.24) is 9.97 Å². The Morgan fingerprint density at radius 2 is 2.17 bits per heavy atom. The number of halogens is 2. The number of aromatic nitrogens is 2. The topological polar surface area (TPSA) is 35.0 Å². The molecule has 0 N–H and O–H groups in total. The molecule has 0 unspecified atom stereocenters. The van der Waals surface area contributed by atoms with Crippen molar-refractivity contribution < 1.29 is 4.74 Å². The predicted octanol–water partition coefficient (Wildman–Crippen LogP) is 3.96. The van der Waals surface area contributed by atoms with Gasteiger partial charge >= 0.3 is 0 Å². The number of benzene rings is 1. The predicted molar refractivity (Wildman–Crippen MR) is 76.0 cm³/mol. The van der Waals surface area contributed by atoms with E-state index >= 15 is 0 Å². The normalized spacial score (nSPS) is 10.4. The lowest BCUT2D eigenvalue weighted by Gasteiger charge is -2.07. The van der Waals surface area contributed by atoms with Crippen LogP contribution in [0.5, 0.6) is 5.75 Å². The Bertz CT molecular complexity index is 575. The highest BCUT2D eigenvalue weighted by atomic mass is 79.9. The van der Waals surface area contributed by atoms with Gasteiger partial charge in [-0.05, 0) is 46.6 Å². The molecule has 1 aromatic carbocycles. The van der Waals surface area contributed by atoms with Crippen LogP contribution >= 0.6 is 27.5 Å². The Hall–Kier alpha value is -1.13. The van der Waals surface area contributed by atoms with Gasteiger partial charge < -0.3 is 4.74 Å². The second-order valence-electron chi connectivity index (χ2n) is 3.81. The molecule has 2 aromatic rings. The fourth-order valence-corrected chi connectivity index (χ4v) is 2.37. The molecule has 0 aliphatic rings. The first-order valence-corrected chi connectivity index (χ1v) is 6.71. The quantitative estimate of drug-likeness (QED) is 0.800. The average Bonchev–Trinajstić information content (AvgIpc) is 2.39. The standard InChI is InChI=1S/C13H12BrClN2O/c1-8-7-16-13(17-11(8)6-15)9-3-4-12(18-2)10(14)5-9/h3-5,7H,6H2,1-2H3. The molecule has 0 spiro atoms. The summed E-state index contributed by atoms with van der Waals surface area (Å²) in [5.74, 6) is 1.83.